The zero-order chi connectivity index (χ0) is 8.27. The lowest BCUT2D eigenvalue weighted by atomic mass is 10.3. The first-order valence-electron chi connectivity index (χ1n) is 3.30. The van der Waals surface area contributed by atoms with Crippen LogP contribution in [-0.4, -0.2) is 23.2 Å². The summed E-state index contributed by atoms with van der Waals surface area (Å²) in [5, 5.41) is 9.90. The van der Waals surface area contributed by atoms with Gasteiger partial charge in [-0.25, -0.2) is 9.97 Å². The number of rotatable bonds is 2. The molecule has 0 fully saturated rings. The van der Waals surface area contributed by atoms with E-state index in [1.807, 2.05) is 6.92 Å². The van der Waals surface area contributed by atoms with E-state index in [1.54, 1.807) is 13.2 Å². The number of nitrogens with one attached hydrogen (secondary N) is 2. The largest absolute Gasteiger partial charge is 0.372 e. The Hall–Kier alpha value is -1.45. The summed E-state index contributed by atoms with van der Waals surface area (Å²) >= 11 is 0. The molecule has 0 bridgehead atoms. The molecular formula is C7H10N4. The van der Waals surface area contributed by atoms with Crippen LogP contribution < -0.4 is 5.32 Å². The third kappa shape index (κ3) is 1.52. The zero-order valence-corrected chi connectivity index (χ0v) is 6.55. The first-order chi connectivity index (χ1) is 5.27. The van der Waals surface area contributed by atoms with Gasteiger partial charge in [-0.15, -0.1) is 0 Å². The average Bonchev–Trinajstić information content (AvgIpc) is 2.04. The molecule has 1 heterocycles. The molecule has 0 aliphatic carbocycles. The van der Waals surface area contributed by atoms with E-state index >= 15 is 0 Å². The van der Waals surface area contributed by atoms with E-state index in [4.69, 9.17) is 5.41 Å². The fourth-order valence-corrected chi connectivity index (χ4v) is 0.785. The van der Waals surface area contributed by atoms with Gasteiger partial charge < -0.3 is 10.7 Å². The number of aryl methyl sites for hydroxylation is 1. The third-order valence-corrected chi connectivity index (χ3v) is 1.33. The van der Waals surface area contributed by atoms with E-state index in [0.717, 1.165) is 0 Å². The lowest BCUT2D eigenvalue weighted by Gasteiger charge is -2.02. The molecule has 11 heavy (non-hydrogen) atoms. The Balaban J connectivity index is 3.16. The van der Waals surface area contributed by atoms with Crippen LogP contribution in [-0.2, 0) is 0 Å². The molecule has 0 spiro atoms. The average molecular weight is 150 g/mol. The summed E-state index contributed by atoms with van der Waals surface area (Å²) in [5.41, 5.74) is 0.707. The number of anilines is 1. The molecular weight excluding hydrogens is 140 g/mol. The van der Waals surface area contributed by atoms with Crippen LogP contribution >= 0.6 is 0 Å². The molecule has 0 atom stereocenters. The van der Waals surface area contributed by atoms with Crippen LogP contribution in [0.2, 0.25) is 0 Å². The summed E-state index contributed by atoms with van der Waals surface area (Å²) in [7, 11) is 1.77. The Morgan fingerprint density at radius 3 is 2.91 bits per heavy atom. The number of hydrogen-bond acceptors (Lipinski definition) is 4. The van der Waals surface area contributed by atoms with E-state index in [0.29, 0.717) is 17.2 Å². The second kappa shape index (κ2) is 3.09. The van der Waals surface area contributed by atoms with Crippen molar-refractivity contribution in [2.75, 3.05) is 12.4 Å². The maximum Gasteiger partial charge on any atom is 0.138 e. The van der Waals surface area contributed by atoms with Gasteiger partial charge in [0.1, 0.15) is 11.6 Å². The van der Waals surface area contributed by atoms with Gasteiger partial charge in [-0.05, 0) is 6.92 Å². The molecule has 1 aromatic heterocycles. The van der Waals surface area contributed by atoms with Crippen molar-refractivity contribution in [3.63, 3.8) is 0 Å². The number of hydrogen-bond donors (Lipinski definition) is 2. The molecule has 0 aliphatic rings. The van der Waals surface area contributed by atoms with Gasteiger partial charge in [-0.3, -0.25) is 0 Å². The Morgan fingerprint density at radius 1 is 1.64 bits per heavy atom. The Labute approximate surface area is 65.2 Å². The quantitative estimate of drug-likeness (QED) is 0.613. The molecule has 0 aliphatic heterocycles. The molecule has 1 aromatic rings. The van der Waals surface area contributed by atoms with Gasteiger partial charge in [0, 0.05) is 19.5 Å². The van der Waals surface area contributed by atoms with Gasteiger partial charge in [-0.1, -0.05) is 0 Å². The molecule has 0 amide bonds. The minimum absolute atomic E-state index is 0.701. The second-order valence-electron chi connectivity index (χ2n) is 2.12. The maximum absolute atomic E-state index is 7.01. The summed E-state index contributed by atoms with van der Waals surface area (Å²) in [6.45, 7) is 1.81. The molecule has 0 saturated heterocycles. The van der Waals surface area contributed by atoms with Crippen molar-refractivity contribution in [3.05, 3.63) is 17.6 Å². The molecule has 0 radical (unpaired) electrons. The van der Waals surface area contributed by atoms with E-state index < -0.39 is 0 Å². The van der Waals surface area contributed by atoms with Gasteiger partial charge in [0.2, 0.25) is 0 Å². The minimum atomic E-state index is 0.701. The number of nitrogens with zero attached hydrogens (tertiary/aromatic N) is 2. The highest BCUT2D eigenvalue weighted by Gasteiger charge is 1.98. The maximum atomic E-state index is 7.01. The summed E-state index contributed by atoms with van der Waals surface area (Å²) in [6.07, 6.45) is 2.85. The van der Waals surface area contributed by atoms with Crippen LogP contribution in [0.3, 0.4) is 0 Å². The topological polar surface area (TPSA) is 61.7 Å². The fourth-order valence-electron chi connectivity index (χ4n) is 0.785. The minimum Gasteiger partial charge on any atom is -0.372 e. The predicted molar refractivity (Wildman–Crippen MR) is 44.2 cm³/mol. The Morgan fingerprint density at radius 2 is 2.36 bits per heavy atom. The van der Waals surface area contributed by atoms with Crippen molar-refractivity contribution >= 4 is 12.0 Å². The predicted octanol–water partition coefficient (Wildman–Crippen LogP) is 0.824. The normalized spacial score (nSPS) is 9.27. The monoisotopic (exact) mass is 150 g/mol. The van der Waals surface area contributed by atoms with Crippen LogP contribution in [0.25, 0.3) is 0 Å². The summed E-state index contributed by atoms with van der Waals surface area (Å²) in [6, 6.07) is 0. The van der Waals surface area contributed by atoms with Crippen LogP contribution in [0.15, 0.2) is 6.20 Å². The fraction of sp³-hybridized carbons (Fsp3) is 0.286. The summed E-state index contributed by atoms with van der Waals surface area (Å²) < 4.78 is 0. The van der Waals surface area contributed by atoms with E-state index in [1.165, 1.54) is 6.21 Å². The molecule has 58 valence electrons. The molecule has 4 nitrogen and oxygen atoms in total. The molecule has 4 heteroatoms. The first-order valence-corrected chi connectivity index (χ1v) is 3.30. The second-order valence-corrected chi connectivity index (χ2v) is 2.12. The van der Waals surface area contributed by atoms with Gasteiger partial charge in [0.25, 0.3) is 0 Å². The molecule has 0 unspecified atom stereocenters. The lowest BCUT2D eigenvalue weighted by Crippen LogP contribution is -2.00. The van der Waals surface area contributed by atoms with Gasteiger partial charge in [0.15, 0.2) is 0 Å². The third-order valence-electron chi connectivity index (χ3n) is 1.33. The van der Waals surface area contributed by atoms with Gasteiger partial charge in [0.05, 0.1) is 5.56 Å². The van der Waals surface area contributed by atoms with E-state index in [2.05, 4.69) is 15.3 Å². The zero-order valence-electron chi connectivity index (χ0n) is 6.55. The Bertz CT molecular complexity index is 269. The van der Waals surface area contributed by atoms with Crippen LogP contribution in [0.4, 0.5) is 5.82 Å². The van der Waals surface area contributed by atoms with Crippen LogP contribution in [0, 0.1) is 12.3 Å². The van der Waals surface area contributed by atoms with Crippen LogP contribution in [0.1, 0.15) is 11.4 Å². The van der Waals surface area contributed by atoms with Crippen molar-refractivity contribution in [1.29, 1.82) is 5.41 Å². The highest BCUT2D eigenvalue weighted by atomic mass is 15.0. The smallest absolute Gasteiger partial charge is 0.138 e. The van der Waals surface area contributed by atoms with E-state index in [-0.39, 0.29) is 0 Å². The number of aromatic nitrogens is 2. The first kappa shape index (κ1) is 7.65. The van der Waals surface area contributed by atoms with Gasteiger partial charge >= 0.3 is 0 Å². The Kier molecular flexibility index (Phi) is 2.15. The highest BCUT2D eigenvalue weighted by molar-refractivity contribution is 5.83. The van der Waals surface area contributed by atoms with Crippen molar-refractivity contribution in [2.45, 2.75) is 6.92 Å². The van der Waals surface area contributed by atoms with Gasteiger partial charge in [-0.2, -0.15) is 0 Å². The SMILES string of the molecule is CNc1nc(C)ncc1C=N. The standard InChI is InChI=1S/C7H10N4/c1-5-10-4-6(3-8)7(9-2)11-5/h3-4,8H,1-2H3,(H,9,10,11). The molecule has 1 rings (SSSR count). The van der Waals surface area contributed by atoms with Crippen molar-refractivity contribution in [1.82, 2.24) is 9.97 Å². The molecule has 0 saturated carbocycles. The van der Waals surface area contributed by atoms with Crippen molar-refractivity contribution < 1.29 is 0 Å². The van der Waals surface area contributed by atoms with Crippen LogP contribution in [0.5, 0.6) is 0 Å². The molecule has 2 N–H and O–H groups in total. The van der Waals surface area contributed by atoms with E-state index in [9.17, 15) is 0 Å². The summed E-state index contributed by atoms with van der Waals surface area (Å²) in [5.74, 6) is 1.41. The summed E-state index contributed by atoms with van der Waals surface area (Å²) in [4.78, 5) is 8.05. The highest BCUT2D eigenvalue weighted by Crippen LogP contribution is 2.06. The lowest BCUT2D eigenvalue weighted by molar-refractivity contribution is 1.05. The van der Waals surface area contributed by atoms with Crippen molar-refractivity contribution in [2.24, 2.45) is 0 Å². The van der Waals surface area contributed by atoms with Crippen molar-refractivity contribution in [3.8, 4) is 0 Å². The molecule has 0 aromatic carbocycles.